The molecule has 0 unspecified atom stereocenters. The van der Waals surface area contributed by atoms with Gasteiger partial charge < -0.3 is 19.7 Å². The zero-order valence-electron chi connectivity index (χ0n) is 17.2. The van der Waals surface area contributed by atoms with Crippen LogP contribution in [0.5, 0.6) is 11.5 Å². The second-order valence-electron chi connectivity index (χ2n) is 7.39. The van der Waals surface area contributed by atoms with Crippen LogP contribution in [0.2, 0.25) is 0 Å². The van der Waals surface area contributed by atoms with E-state index in [0.717, 1.165) is 17.6 Å². The lowest BCUT2D eigenvalue weighted by Gasteiger charge is -2.33. The van der Waals surface area contributed by atoms with E-state index in [1.165, 1.54) is 6.07 Å². The molecule has 1 fully saturated rings. The number of methoxy groups -OCH3 is 1. The summed E-state index contributed by atoms with van der Waals surface area (Å²) in [5.74, 6) is 0.455. The van der Waals surface area contributed by atoms with Gasteiger partial charge in [0.05, 0.1) is 18.3 Å². The molecule has 0 aliphatic carbocycles. The molecule has 32 heavy (non-hydrogen) atoms. The van der Waals surface area contributed by atoms with Gasteiger partial charge in [-0.1, -0.05) is 6.07 Å². The van der Waals surface area contributed by atoms with E-state index >= 15 is 0 Å². The Morgan fingerprint density at radius 2 is 2.00 bits per heavy atom. The number of hydrogen-bond donors (Lipinski definition) is 1. The molecule has 168 valence electrons. The number of amides is 1. The Hall–Kier alpha value is -3.24. The predicted molar refractivity (Wildman–Crippen MR) is 111 cm³/mol. The van der Waals surface area contributed by atoms with Gasteiger partial charge in [-0.3, -0.25) is 4.79 Å². The molecular formula is C22H21F3N4O3. The van der Waals surface area contributed by atoms with Gasteiger partial charge in [0.1, 0.15) is 22.9 Å². The highest BCUT2D eigenvalue weighted by Crippen LogP contribution is 2.30. The average Bonchev–Trinajstić information content (AvgIpc) is 2.78. The Morgan fingerprint density at radius 1 is 1.19 bits per heavy atom. The molecule has 0 bridgehead atoms. The molecule has 1 N–H and O–H groups in total. The van der Waals surface area contributed by atoms with Gasteiger partial charge in [-0.05, 0) is 36.4 Å². The summed E-state index contributed by atoms with van der Waals surface area (Å²) in [5, 5.41) is 4.04. The molecule has 1 saturated heterocycles. The molecule has 3 aromatic rings. The van der Waals surface area contributed by atoms with Crippen molar-refractivity contribution in [3.05, 3.63) is 60.0 Å². The van der Waals surface area contributed by atoms with E-state index in [0.29, 0.717) is 43.2 Å². The van der Waals surface area contributed by atoms with Crippen LogP contribution in [0.25, 0.3) is 10.9 Å². The van der Waals surface area contributed by atoms with Crippen LogP contribution in [0.1, 0.15) is 16.2 Å². The molecule has 0 saturated carbocycles. The highest BCUT2D eigenvalue weighted by molar-refractivity contribution is 5.95. The van der Waals surface area contributed by atoms with Crippen molar-refractivity contribution in [3.8, 4) is 11.5 Å². The first-order valence-corrected chi connectivity index (χ1v) is 9.97. The lowest BCUT2D eigenvalue weighted by atomic mass is 10.1. The molecule has 10 heteroatoms. The highest BCUT2D eigenvalue weighted by atomic mass is 19.4. The second kappa shape index (κ2) is 9.09. The number of hydrogen-bond acceptors (Lipinski definition) is 6. The smallest absolute Gasteiger partial charge is 0.433 e. The molecule has 4 rings (SSSR count). The zero-order chi connectivity index (χ0) is 22.7. The van der Waals surface area contributed by atoms with E-state index in [2.05, 4.69) is 15.3 Å². The average molecular weight is 446 g/mol. The molecular weight excluding hydrogens is 425 g/mol. The monoisotopic (exact) mass is 446 g/mol. The highest BCUT2D eigenvalue weighted by Gasteiger charge is 2.32. The summed E-state index contributed by atoms with van der Waals surface area (Å²) in [7, 11) is 1.62. The number of pyridine rings is 2. The fourth-order valence-electron chi connectivity index (χ4n) is 3.52. The molecule has 1 aliphatic rings. The van der Waals surface area contributed by atoms with E-state index in [1.54, 1.807) is 42.3 Å². The van der Waals surface area contributed by atoms with Crippen molar-refractivity contribution in [2.45, 2.75) is 12.2 Å². The molecule has 7 nitrogen and oxygen atoms in total. The van der Waals surface area contributed by atoms with Gasteiger partial charge in [-0.15, -0.1) is 0 Å². The summed E-state index contributed by atoms with van der Waals surface area (Å²) in [5.41, 5.74) is -0.0312. The van der Waals surface area contributed by atoms with Gasteiger partial charge in [-0.2, -0.15) is 13.2 Å². The number of fused-ring (bicyclic) bond motifs is 1. The Bertz CT molecular complexity index is 1100. The second-order valence-corrected chi connectivity index (χ2v) is 7.39. The SMILES string of the molecule is COC[C@H]1CN(C(=O)c2ccc3cc(Oc4ccc(C(F)(F)F)nc4)ccc3n2)CCN1. The van der Waals surface area contributed by atoms with Gasteiger partial charge in [0.15, 0.2) is 0 Å². The number of carbonyl (C=O) groups excluding carboxylic acids is 1. The van der Waals surface area contributed by atoms with Crippen molar-refractivity contribution in [3.63, 3.8) is 0 Å². The molecule has 0 spiro atoms. The standard InChI is InChI=1S/C22H21F3N4O3/c1-31-13-15-12-29(9-8-26-15)21(30)19-5-2-14-10-16(3-6-18(14)28-19)32-17-4-7-20(27-11-17)22(23,24)25/h2-7,10-11,15,26H,8-9,12-13H2,1H3/t15-/m1/s1. The van der Waals surface area contributed by atoms with Gasteiger partial charge in [0.2, 0.25) is 0 Å². The Balaban J connectivity index is 1.48. The van der Waals surface area contributed by atoms with Crippen LogP contribution in [0, 0.1) is 0 Å². The van der Waals surface area contributed by atoms with Gasteiger partial charge in [-0.25, -0.2) is 9.97 Å². The fourth-order valence-corrected chi connectivity index (χ4v) is 3.52. The van der Waals surface area contributed by atoms with Gasteiger partial charge in [0, 0.05) is 38.2 Å². The van der Waals surface area contributed by atoms with Crippen LogP contribution >= 0.6 is 0 Å². The first-order valence-electron chi connectivity index (χ1n) is 9.97. The summed E-state index contributed by atoms with van der Waals surface area (Å²) < 4.78 is 48.7. The van der Waals surface area contributed by atoms with Crippen molar-refractivity contribution in [1.82, 2.24) is 20.2 Å². The first-order chi connectivity index (χ1) is 15.3. The predicted octanol–water partition coefficient (Wildman–Crippen LogP) is 3.50. The van der Waals surface area contributed by atoms with E-state index in [1.807, 2.05) is 0 Å². The zero-order valence-corrected chi connectivity index (χ0v) is 17.2. The number of benzene rings is 1. The number of rotatable bonds is 5. The third kappa shape index (κ3) is 4.97. The number of halogens is 3. The van der Waals surface area contributed by atoms with Crippen LogP contribution < -0.4 is 10.1 Å². The number of ether oxygens (including phenoxy) is 2. The van der Waals surface area contributed by atoms with E-state index in [-0.39, 0.29) is 17.7 Å². The maximum Gasteiger partial charge on any atom is 0.433 e. The van der Waals surface area contributed by atoms with Crippen LogP contribution in [-0.2, 0) is 10.9 Å². The molecule has 1 atom stereocenters. The normalized spacial score (nSPS) is 16.9. The number of nitrogens with zero attached hydrogens (tertiary/aromatic N) is 3. The van der Waals surface area contributed by atoms with Crippen LogP contribution in [0.3, 0.4) is 0 Å². The fraction of sp³-hybridized carbons (Fsp3) is 0.318. The number of carbonyl (C=O) groups is 1. The minimum Gasteiger partial charge on any atom is -0.456 e. The topological polar surface area (TPSA) is 76.6 Å². The summed E-state index contributed by atoms with van der Waals surface area (Å²) in [6.07, 6.45) is -3.48. The van der Waals surface area contributed by atoms with Crippen molar-refractivity contribution in [1.29, 1.82) is 0 Å². The summed E-state index contributed by atoms with van der Waals surface area (Å²) in [4.78, 5) is 22.5. The maximum atomic E-state index is 12.9. The maximum absolute atomic E-state index is 12.9. The molecule has 1 aliphatic heterocycles. The third-order valence-electron chi connectivity index (χ3n) is 5.05. The number of alkyl halides is 3. The third-order valence-corrected chi connectivity index (χ3v) is 5.05. The largest absolute Gasteiger partial charge is 0.456 e. The Morgan fingerprint density at radius 3 is 2.72 bits per heavy atom. The molecule has 3 heterocycles. The Labute approximate surface area is 182 Å². The minimum absolute atomic E-state index is 0.0811. The van der Waals surface area contributed by atoms with Crippen molar-refractivity contribution in [2.24, 2.45) is 0 Å². The van der Waals surface area contributed by atoms with Gasteiger partial charge in [0.25, 0.3) is 5.91 Å². The summed E-state index contributed by atoms with van der Waals surface area (Å²) in [6.45, 7) is 2.34. The van der Waals surface area contributed by atoms with Crippen molar-refractivity contribution >= 4 is 16.8 Å². The van der Waals surface area contributed by atoms with E-state index < -0.39 is 11.9 Å². The summed E-state index contributed by atoms with van der Waals surface area (Å²) >= 11 is 0. The lowest BCUT2D eigenvalue weighted by molar-refractivity contribution is -0.141. The number of aromatic nitrogens is 2. The van der Waals surface area contributed by atoms with Crippen LogP contribution in [0.15, 0.2) is 48.7 Å². The van der Waals surface area contributed by atoms with Crippen molar-refractivity contribution < 1.29 is 27.4 Å². The molecule has 1 amide bonds. The van der Waals surface area contributed by atoms with E-state index in [4.69, 9.17) is 9.47 Å². The Kier molecular flexibility index (Phi) is 6.24. The number of piperazine rings is 1. The molecule has 2 aromatic heterocycles. The summed E-state index contributed by atoms with van der Waals surface area (Å²) in [6, 6.07) is 10.6. The van der Waals surface area contributed by atoms with Crippen LogP contribution in [0.4, 0.5) is 13.2 Å². The van der Waals surface area contributed by atoms with Crippen molar-refractivity contribution in [2.75, 3.05) is 33.4 Å². The first kappa shape index (κ1) is 22.0. The van der Waals surface area contributed by atoms with Gasteiger partial charge >= 0.3 is 6.18 Å². The lowest BCUT2D eigenvalue weighted by Crippen LogP contribution is -2.54. The number of nitrogens with one attached hydrogen (secondary N) is 1. The molecule has 0 radical (unpaired) electrons. The molecule has 1 aromatic carbocycles. The minimum atomic E-state index is -4.50. The quantitative estimate of drug-likeness (QED) is 0.647. The van der Waals surface area contributed by atoms with Crippen LogP contribution in [-0.4, -0.2) is 60.2 Å². The van der Waals surface area contributed by atoms with E-state index in [9.17, 15) is 18.0 Å².